The van der Waals surface area contributed by atoms with Gasteiger partial charge in [-0.1, -0.05) is 175 Å². The van der Waals surface area contributed by atoms with E-state index >= 15 is 0 Å². The van der Waals surface area contributed by atoms with Crippen molar-refractivity contribution >= 4 is 5.69 Å². The van der Waals surface area contributed by atoms with E-state index in [1.165, 1.54) is 180 Å². The van der Waals surface area contributed by atoms with Gasteiger partial charge in [0, 0.05) is 12.1 Å². The Morgan fingerprint density at radius 1 is 0.477 bits per heavy atom. The zero-order valence-corrected chi connectivity index (χ0v) is 30.3. The lowest BCUT2D eigenvalue weighted by Crippen LogP contribution is -2.37. The van der Waals surface area contributed by atoms with Crippen molar-refractivity contribution in [2.75, 3.05) is 31.5 Å². The molecule has 1 N–H and O–H groups in total. The van der Waals surface area contributed by atoms with Gasteiger partial charge in [-0.2, -0.15) is 0 Å². The number of hydrogen-bond acceptors (Lipinski definition) is 4. The van der Waals surface area contributed by atoms with Crippen molar-refractivity contribution in [2.45, 2.75) is 201 Å². The van der Waals surface area contributed by atoms with Crippen molar-refractivity contribution in [3.8, 4) is 0 Å². The molecule has 0 aromatic heterocycles. The van der Waals surface area contributed by atoms with Crippen LogP contribution >= 0.6 is 0 Å². The van der Waals surface area contributed by atoms with E-state index < -0.39 is 0 Å². The number of hydrogen-bond donors (Lipinski definition) is 1. The molecule has 0 aliphatic rings. The van der Waals surface area contributed by atoms with Crippen molar-refractivity contribution < 1.29 is 0 Å². The predicted octanol–water partition coefficient (Wildman–Crippen LogP) is 11.5. The zero-order valence-electron chi connectivity index (χ0n) is 30.3. The lowest BCUT2D eigenvalue weighted by atomic mass is 9.89. The molecular formula is C40H76N2O2. The van der Waals surface area contributed by atoms with E-state index in [2.05, 4.69) is 31.0 Å². The SMILES string of the molecule is CCCCCCCCC(CCCCCCCC)CCCCCCCN(CCCCCCCC)CCCNc1c(C)c(=O)c1=O. The lowest BCUT2D eigenvalue weighted by molar-refractivity contribution is 0.259. The molecule has 4 nitrogen and oxygen atoms in total. The summed E-state index contributed by atoms with van der Waals surface area (Å²) >= 11 is 0. The van der Waals surface area contributed by atoms with Gasteiger partial charge in [0.15, 0.2) is 0 Å². The smallest absolute Gasteiger partial charge is 0.249 e. The van der Waals surface area contributed by atoms with E-state index in [9.17, 15) is 9.59 Å². The highest BCUT2D eigenvalue weighted by atomic mass is 16.2. The molecule has 0 aliphatic heterocycles. The first-order valence-corrected chi connectivity index (χ1v) is 19.8. The molecule has 1 rings (SSSR count). The Labute approximate surface area is 274 Å². The first-order valence-electron chi connectivity index (χ1n) is 19.8. The zero-order chi connectivity index (χ0) is 32.1. The van der Waals surface area contributed by atoms with Crippen molar-refractivity contribution in [3.05, 3.63) is 26.0 Å². The monoisotopic (exact) mass is 617 g/mol. The molecule has 1 aromatic rings. The fraction of sp³-hybridized carbons (Fsp3) is 0.900. The van der Waals surface area contributed by atoms with Crippen LogP contribution in [0.2, 0.25) is 0 Å². The molecule has 258 valence electrons. The molecule has 0 atom stereocenters. The Bertz CT molecular complexity index is 812. The summed E-state index contributed by atoms with van der Waals surface area (Å²) in [4.78, 5) is 25.9. The van der Waals surface area contributed by atoms with E-state index in [0.29, 0.717) is 11.3 Å². The van der Waals surface area contributed by atoms with Gasteiger partial charge < -0.3 is 10.2 Å². The molecule has 0 amide bonds. The number of rotatable bonds is 34. The van der Waals surface area contributed by atoms with Gasteiger partial charge >= 0.3 is 0 Å². The van der Waals surface area contributed by atoms with Crippen molar-refractivity contribution in [2.24, 2.45) is 5.92 Å². The normalized spacial score (nSPS) is 11.9. The molecular weight excluding hydrogens is 540 g/mol. The highest BCUT2D eigenvalue weighted by molar-refractivity contribution is 5.55. The van der Waals surface area contributed by atoms with Gasteiger partial charge in [-0.3, -0.25) is 9.59 Å². The minimum Gasteiger partial charge on any atom is -0.381 e. The van der Waals surface area contributed by atoms with Gasteiger partial charge in [-0.15, -0.1) is 0 Å². The maximum absolute atomic E-state index is 11.7. The number of nitrogens with one attached hydrogen (secondary N) is 1. The summed E-state index contributed by atoms with van der Waals surface area (Å²) in [6.45, 7) is 12.9. The van der Waals surface area contributed by atoms with E-state index in [1.807, 2.05) is 0 Å². The molecule has 1 aromatic carbocycles. The third-order valence-electron chi connectivity index (χ3n) is 9.95. The highest BCUT2D eigenvalue weighted by Crippen LogP contribution is 2.25. The average molecular weight is 617 g/mol. The van der Waals surface area contributed by atoms with Crippen LogP contribution < -0.4 is 16.2 Å². The summed E-state index contributed by atoms with van der Waals surface area (Å²) in [5.41, 5.74) is 0.514. The second-order valence-corrected chi connectivity index (χ2v) is 14.1. The summed E-state index contributed by atoms with van der Waals surface area (Å²) in [5.74, 6) is 0.974. The minimum atomic E-state index is -0.331. The average Bonchev–Trinajstić information content (AvgIpc) is 3.03. The van der Waals surface area contributed by atoms with Gasteiger partial charge in [0.25, 0.3) is 0 Å². The van der Waals surface area contributed by atoms with E-state index in [0.717, 1.165) is 25.4 Å². The molecule has 0 saturated carbocycles. The summed E-state index contributed by atoms with van der Waals surface area (Å²) < 4.78 is 0. The molecule has 0 radical (unpaired) electrons. The molecule has 0 aliphatic carbocycles. The lowest BCUT2D eigenvalue weighted by Gasteiger charge is -2.23. The largest absolute Gasteiger partial charge is 0.381 e. The minimum absolute atomic E-state index is 0.316. The van der Waals surface area contributed by atoms with E-state index in [-0.39, 0.29) is 10.9 Å². The first-order chi connectivity index (χ1) is 21.5. The van der Waals surface area contributed by atoms with Crippen LogP contribution in [0.25, 0.3) is 0 Å². The molecule has 0 fully saturated rings. The predicted molar refractivity (Wildman–Crippen MR) is 196 cm³/mol. The molecule has 0 bridgehead atoms. The van der Waals surface area contributed by atoms with Gasteiger partial charge in [-0.05, 0) is 51.7 Å². The Morgan fingerprint density at radius 3 is 1.25 bits per heavy atom. The second kappa shape index (κ2) is 29.3. The van der Waals surface area contributed by atoms with Gasteiger partial charge in [0.2, 0.25) is 10.9 Å². The number of anilines is 1. The third kappa shape index (κ3) is 20.8. The Balaban J connectivity index is 2.30. The maximum Gasteiger partial charge on any atom is 0.249 e. The third-order valence-corrected chi connectivity index (χ3v) is 9.95. The molecule has 0 saturated heterocycles. The van der Waals surface area contributed by atoms with Crippen LogP contribution in [0.15, 0.2) is 9.59 Å². The Hall–Kier alpha value is -1.16. The Kier molecular flexibility index (Phi) is 27.2. The molecule has 0 spiro atoms. The van der Waals surface area contributed by atoms with E-state index in [1.54, 1.807) is 6.92 Å². The van der Waals surface area contributed by atoms with Crippen molar-refractivity contribution in [1.29, 1.82) is 0 Å². The fourth-order valence-electron chi connectivity index (χ4n) is 6.84. The summed E-state index contributed by atoms with van der Waals surface area (Å²) in [6.07, 6.45) is 37.5. The van der Waals surface area contributed by atoms with E-state index in [4.69, 9.17) is 0 Å². The van der Waals surface area contributed by atoms with Crippen LogP contribution in [0, 0.1) is 12.8 Å². The van der Waals surface area contributed by atoms with Crippen LogP contribution in [-0.2, 0) is 0 Å². The quantitative estimate of drug-likeness (QED) is 0.0618. The summed E-state index contributed by atoms with van der Waals surface area (Å²) in [5, 5.41) is 3.22. The van der Waals surface area contributed by atoms with Gasteiger partial charge in [0.1, 0.15) is 0 Å². The van der Waals surface area contributed by atoms with Gasteiger partial charge in [-0.25, -0.2) is 0 Å². The van der Waals surface area contributed by atoms with Gasteiger partial charge in [0.05, 0.1) is 5.69 Å². The Morgan fingerprint density at radius 2 is 0.841 bits per heavy atom. The maximum atomic E-state index is 11.7. The van der Waals surface area contributed by atoms with Crippen LogP contribution in [0.5, 0.6) is 0 Å². The fourth-order valence-corrected chi connectivity index (χ4v) is 6.84. The van der Waals surface area contributed by atoms with Crippen LogP contribution in [0.1, 0.15) is 200 Å². The molecule has 4 heteroatoms. The summed E-state index contributed by atoms with van der Waals surface area (Å²) in [7, 11) is 0. The first kappa shape index (κ1) is 40.9. The molecule has 0 heterocycles. The summed E-state index contributed by atoms with van der Waals surface area (Å²) in [6, 6.07) is 0. The van der Waals surface area contributed by atoms with Crippen molar-refractivity contribution in [1.82, 2.24) is 4.90 Å². The van der Waals surface area contributed by atoms with Crippen LogP contribution in [0.3, 0.4) is 0 Å². The number of unbranched alkanes of at least 4 members (excludes halogenated alkanes) is 19. The standard InChI is InChI=1S/C40H76N2O2/c1-5-8-11-14-18-23-29-37(30-24-19-15-12-9-6-2)31-25-20-17-22-27-34-42(33-26-21-16-13-10-7-3)35-28-32-41-38-36(4)39(43)40(38)44/h37,41H,5-35H2,1-4H3. The molecule has 44 heavy (non-hydrogen) atoms. The highest BCUT2D eigenvalue weighted by Gasteiger charge is 2.16. The topological polar surface area (TPSA) is 49.4 Å². The molecule has 0 unspecified atom stereocenters. The number of nitrogens with zero attached hydrogens (tertiary/aromatic N) is 1. The van der Waals surface area contributed by atoms with Crippen molar-refractivity contribution in [3.63, 3.8) is 0 Å². The van der Waals surface area contributed by atoms with Crippen LogP contribution in [-0.4, -0.2) is 31.1 Å². The van der Waals surface area contributed by atoms with Crippen LogP contribution in [0.4, 0.5) is 5.69 Å². The second-order valence-electron chi connectivity index (χ2n) is 14.1.